The van der Waals surface area contributed by atoms with Gasteiger partial charge in [-0.25, -0.2) is 4.79 Å². The van der Waals surface area contributed by atoms with E-state index < -0.39 is 18.5 Å². The van der Waals surface area contributed by atoms with Crippen molar-refractivity contribution >= 4 is 35.1 Å². The highest BCUT2D eigenvalue weighted by molar-refractivity contribution is 6.22. The average Bonchev–Trinajstić information content (AvgIpc) is 3.21. The summed E-state index contributed by atoms with van der Waals surface area (Å²) in [6, 6.07) is 23.0. The van der Waals surface area contributed by atoms with E-state index in [0.29, 0.717) is 30.0 Å². The zero-order valence-electron chi connectivity index (χ0n) is 21.0. The van der Waals surface area contributed by atoms with Gasteiger partial charge in [0.25, 0.3) is 5.91 Å². The standard InChI is InChI=1S/C30H28N2O6/c1-37-24-13-11-22(12-14-24)31-27(33)18-38-30(36)21-8-5-9-23(16-21)32-28(34)25-15-10-20(17-26(25)29(32)35)19-6-3-2-4-7-19/h2-9,11-14,16,20,25-26H,10,15,17-18H2,1H3,(H,31,33)/t20-,25-,26+/m1/s1. The molecule has 5 rings (SSSR count). The van der Waals surface area contributed by atoms with Gasteiger partial charge in [-0.05, 0) is 73.2 Å². The summed E-state index contributed by atoms with van der Waals surface area (Å²) in [6.07, 6.45) is 2.13. The summed E-state index contributed by atoms with van der Waals surface area (Å²) in [5, 5.41) is 2.64. The Balaban J connectivity index is 1.23. The van der Waals surface area contributed by atoms with Crippen LogP contribution in [0.2, 0.25) is 0 Å². The minimum absolute atomic E-state index is 0.150. The first-order chi connectivity index (χ1) is 18.4. The maximum Gasteiger partial charge on any atom is 0.338 e. The maximum absolute atomic E-state index is 13.4. The van der Waals surface area contributed by atoms with E-state index in [2.05, 4.69) is 17.4 Å². The molecular weight excluding hydrogens is 484 g/mol. The lowest BCUT2D eigenvalue weighted by Gasteiger charge is -2.28. The molecule has 3 atom stereocenters. The molecule has 1 saturated carbocycles. The van der Waals surface area contributed by atoms with Gasteiger partial charge in [-0.1, -0.05) is 36.4 Å². The van der Waals surface area contributed by atoms with Gasteiger partial charge in [0.1, 0.15) is 5.75 Å². The highest BCUT2D eigenvalue weighted by atomic mass is 16.5. The summed E-state index contributed by atoms with van der Waals surface area (Å²) < 4.78 is 10.3. The second kappa shape index (κ2) is 10.9. The van der Waals surface area contributed by atoms with Gasteiger partial charge in [0.05, 0.1) is 30.2 Å². The molecule has 1 N–H and O–H groups in total. The normalized spacial score (nSPS) is 20.6. The lowest BCUT2D eigenvalue weighted by molar-refractivity contribution is -0.122. The van der Waals surface area contributed by atoms with Crippen LogP contribution in [0.3, 0.4) is 0 Å². The molecule has 3 aromatic rings. The number of nitrogens with zero attached hydrogens (tertiary/aromatic N) is 1. The lowest BCUT2D eigenvalue weighted by Crippen LogP contribution is -2.31. The molecule has 38 heavy (non-hydrogen) atoms. The molecule has 3 aromatic carbocycles. The topological polar surface area (TPSA) is 102 Å². The van der Waals surface area contributed by atoms with Crippen LogP contribution in [0.5, 0.6) is 5.75 Å². The minimum atomic E-state index is -0.725. The number of anilines is 2. The summed E-state index contributed by atoms with van der Waals surface area (Å²) in [5.41, 5.74) is 2.21. The SMILES string of the molecule is COc1ccc(NC(=O)COC(=O)c2cccc(N3C(=O)[C@H]4C[C@H](c5ccccc5)CC[C@H]4C3=O)c2)cc1. The van der Waals surface area contributed by atoms with E-state index in [1.165, 1.54) is 22.6 Å². The molecule has 1 saturated heterocycles. The van der Waals surface area contributed by atoms with Crippen molar-refractivity contribution in [2.75, 3.05) is 23.9 Å². The molecular formula is C30H28N2O6. The highest BCUT2D eigenvalue weighted by Crippen LogP contribution is 2.45. The molecule has 8 nitrogen and oxygen atoms in total. The van der Waals surface area contributed by atoms with Crippen molar-refractivity contribution in [1.29, 1.82) is 0 Å². The van der Waals surface area contributed by atoms with Crippen LogP contribution < -0.4 is 15.0 Å². The van der Waals surface area contributed by atoms with Crippen molar-refractivity contribution < 1.29 is 28.7 Å². The Labute approximate surface area is 220 Å². The van der Waals surface area contributed by atoms with Crippen LogP contribution in [0, 0.1) is 11.8 Å². The van der Waals surface area contributed by atoms with E-state index >= 15 is 0 Å². The number of amides is 3. The third kappa shape index (κ3) is 5.16. The predicted molar refractivity (Wildman–Crippen MR) is 141 cm³/mol. The molecule has 3 amide bonds. The van der Waals surface area contributed by atoms with Crippen molar-refractivity contribution in [3.8, 4) is 5.75 Å². The average molecular weight is 513 g/mol. The van der Waals surface area contributed by atoms with E-state index in [1.807, 2.05) is 18.2 Å². The van der Waals surface area contributed by atoms with E-state index in [-0.39, 0.29) is 35.1 Å². The van der Waals surface area contributed by atoms with Gasteiger partial charge >= 0.3 is 5.97 Å². The second-order valence-electron chi connectivity index (χ2n) is 9.55. The lowest BCUT2D eigenvalue weighted by atomic mass is 9.73. The van der Waals surface area contributed by atoms with E-state index in [0.717, 1.165) is 6.42 Å². The quantitative estimate of drug-likeness (QED) is 0.368. The summed E-state index contributed by atoms with van der Waals surface area (Å²) in [7, 11) is 1.55. The number of hydrogen-bond donors (Lipinski definition) is 1. The number of rotatable bonds is 7. The highest BCUT2D eigenvalue weighted by Gasteiger charge is 2.50. The van der Waals surface area contributed by atoms with Gasteiger partial charge < -0.3 is 14.8 Å². The van der Waals surface area contributed by atoms with Crippen molar-refractivity contribution in [3.63, 3.8) is 0 Å². The number of imide groups is 1. The third-order valence-corrected chi connectivity index (χ3v) is 7.24. The molecule has 2 aliphatic rings. The number of methoxy groups -OCH3 is 1. The fourth-order valence-corrected chi connectivity index (χ4v) is 5.32. The van der Waals surface area contributed by atoms with Crippen molar-refractivity contribution in [1.82, 2.24) is 0 Å². The molecule has 0 bridgehead atoms. The Morgan fingerprint density at radius 1 is 0.895 bits per heavy atom. The molecule has 1 aliphatic carbocycles. The van der Waals surface area contributed by atoms with Gasteiger partial charge in [0, 0.05) is 5.69 Å². The Morgan fingerprint density at radius 3 is 2.37 bits per heavy atom. The zero-order chi connectivity index (χ0) is 26.6. The van der Waals surface area contributed by atoms with Gasteiger partial charge in [0.2, 0.25) is 11.8 Å². The molecule has 0 radical (unpaired) electrons. The predicted octanol–water partition coefficient (Wildman–Crippen LogP) is 4.56. The first-order valence-electron chi connectivity index (χ1n) is 12.6. The summed E-state index contributed by atoms with van der Waals surface area (Å²) in [4.78, 5) is 52.7. The number of hydrogen-bond acceptors (Lipinski definition) is 6. The van der Waals surface area contributed by atoms with Crippen LogP contribution in [-0.4, -0.2) is 37.4 Å². The van der Waals surface area contributed by atoms with Crippen LogP contribution in [0.1, 0.15) is 41.1 Å². The fraction of sp³-hybridized carbons (Fsp3) is 0.267. The Hall–Kier alpha value is -4.46. The first kappa shape index (κ1) is 25.2. The first-order valence-corrected chi connectivity index (χ1v) is 12.6. The number of carbonyl (C=O) groups excluding carboxylic acids is 4. The smallest absolute Gasteiger partial charge is 0.338 e. The molecule has 8 heteroatoms. The van der Waals surface area contributed by atoms with E-state index in [9.17, 15) is 19.2 Å². The van der Waals surface area contributed by atoms with Crippen LogP contribution in [0.4, 0.5) is 11.4 Å². The largest absolute Gasteiger partial charge is 0.497 e. The Morgan fingerprint density at radius 2 is 1.63 bits per heavy atom. The number of esters is 1. The Kier molecular flexibility index (Phi) is 7.22. The van der Waals surface area contributed by atoms with Crippen molar-refractivity contribution in [2.24, 2.45) is 11.8 Å². The number of ether oxygens (including phenoxy) is 2. The number of fused-ring (bicyclic) bond motifs is 1. The van der Waals surface area contributed by atoms with Crippen molar-refractivity contribution in [2.45, 2.75) is 25.2 Å². The van der Waals surface area contributed by atoms with Crippen LogP contribution >= 0.6 is 0 Å². The van der Waals surface area contributed by atoms with E-state index in [4.69, 9.17) is 9.47 Å². The van der Waals surface area contributed by atoms with Crippen LogP contribution in [0.15, 0.2) is 78.9 Å². The molecule has 0 spiro atoms. The summed E-state index contributed by atoms with van der Waals surface area (Å²) in [5.74, 6) is -1.52. The maximum atomic E-state index is 13.4. The summed E-state index contributed by atoms with van der Waals surface area (Å²) in [6.45, 7) is -0.484. The molecule has 2 fully saturated rings. The number of benzene rings is 3. The van der Waals surface area contributed by atoms with Crippen LogP contribution in [-0.2, 0) is 19.1 Å². The number of carbonyl (C=O) groups is 4. The monoisotopic (exact) mass is 512 g/mol. The van der Waals surface area contributed by atoms with E-state index in [1.54, 1.807) is 43.5 Å². The molecule has 194 valence electrons. The molecule has 0 aromatic heterocycles. The van der Waals surface area contributed by atoms with Gasteiger partial charge in [-0.3, -0.25) is 19.3 Å². The third-order valence-electron chi connectivity index (χ3n) is 7.24. The zero-order valence-corrected chi connectivity index (χ0v) is 21.0. The molecule has 1 aliphatic heterocycles. The number of nitrogens with one attached hydrogen (secondary N) is 1. The van der Waals surface area contributed by atoms with Gasteiger partial charge in [0.15, 0.2) is 6.61 Å². The second-order valence-corrected chi connectivity index (χ2v) is 9.55. The van der Waals surface area contributed by atoms with Crippen molar-refractivity contribution in [3.05, 3.63) is 90.0 Å². The molecule has 1 heterocycles. The molecule has 0 unspecified atom stereocenters. The minimum Gasteiger partial charge on any atom is -0.497 e. The fourth-order valence-electron chi connectivity index (χ4n) is 5.32. The summed E-state index contributed by atoms with van der Waals surface area (Å²) >= 11 is 0. The Bertz CT molecular complexity index is 1350. The van der Waals surface area contributed by atoms with Gasteiger partial charge in [-0.2, -0.15) is 0 Å². The van der Waals surface area contributed by atoms with Crippen LogP contribution in [0.25, 0.3) is 0 Å². The van der Waals surface area contributed by atoms with Gasteiger partial charge in [-0.15, -0.1) is 0 Å².